The largest absolute Gasteiger partial charge is 0.352 e. The first-order chi connectivity index (χ1) is 14.5. The molecule has 2 saturated heterocycles. The minimum absolute atomic E-state index is 0.147. The molecule has 0 aliphatic carbocycles. The van der Waals surface area contributed by atoms with Crippen molar-refractivity contribution in [1.82, 2.24) is 15.1 Å². The number of likely N-dealkylation sites (tertiary alicyclic amines) is 1. The van der Waals surface area contributed by atoms with E-state index >= 15 is 0 Å². The Bertz CT molecular complexity index is 765. The number of carbonyl (C=O) groups is 3. The predicted octanol–water partition coefficient (Wildman–Crippen LogP) is 2.05. The lowest BCUT2D eigenvalue weighted by Gasteiger charge is -2.32. The summed E-state index contributed by atoms with van der Waals surface area (Å²) in [5.41, 5.74) is 0.949. The first kappa shape index (κ1) is 22.6. The van der Waals surface area contributed by atoms with Crippen molar-refractivity contribution in [3.8, 4) is 0 Å². The zero-order valence-electron chi connectivity index (χ0n) is 17.9. The molecule has 2 fully saturated rings. The van der Waals surface area contributed by atoms with Gasteiger partial charge in [-0.25, -0.2) is 0 Å². The number of benzene rings is 1. The monoisotopic (exact) mass is 432 g/mol. The van der Waals surface area contributed by atoms with Gasteiger partial charge in [0.1, 0.15) is 0 Å². The second-order valence-electron chi connectivity index (χ2n) is 8.26. The van der Waals surface area contributed by atoms with Crippen LogP contribution in [0.5, 0.6) is 0 Å². The van der Waals surface area contributed by atoms with Crippen LogP contribution in [0.25, 0.3) is 0 Å². The molecule has 8 heteroatoms. The maximum absolute atomic E-state index is 12.9. The minimum Gasteiger partial charge on any atom is -0.352 e. The summed E-state index contributed by atoms with van der Waals surface area (Å²) in [5.74, 6) is 2.06. The summed E-state index contributed by atoms with van der Waals surface area (Å²) >= 11 is 1.88. The Morgan fingerprint density at radius 2 is 1.87 bits per heavy atom. The van der Waals surface area contributed by atoms with E-state index in [1.165, 1.54) is 0 Å². The van der Waals surface area contributed by atoms with E-state index in [1.54, 1.807) is 24.3 Å². The average Bonchev–Trinajstić information content (AvgIpc) is 3.20. The van der Waals surface area contributed by atoms with Crippen LogP contribution in [-0.2, 0) is 9.59 Å². The maximum atomic E-state index is 12.9. The molecule has 0 spiro atoms. The van der Waals surface area contributed by atoms with E-state index in [4.69, 9.17) is 0 Å². The summed E-state index contributed by atoms with van der Waals surface area (Å²) in [6.07, 6.45) is 1.71. The van der Waals surface area contributed by atoms with Gasteiger partial charge in [-0.3, -0.25) is 19.3 Å². The molecule has 0 bridgehead atoms. The molecule has 2 aliphatic rings. The number of nitrogens with zero attached hydrogens (tertiary/aromatic N) is 2. The molecular weight excluding hydrogens is 400 g/mol. The number of anilines is 1. The van der Waals surface area contributed by atoms with Crippen molar-refractivity contribution in [2.75, 3.05) is 49.5 Å². The van der Waals surface area contributed by atoms with Gasteiger partial charge in [-0.15, -0.1) is 0 Å². The molecule has 30 heavy (non-hydrogen) atoms. The van der Waals surface area contributed by atoms with Gasteiger partial charge in [-0.1, -0.05) is 26.0 Å². The highest BCUT2D eigenvalue weighted by molar-refractivity contribution is 7.99. The Hall–Kier alpha value is -2.06. The summed E-state index contributed by atoms with van der Waals surface area (Å²) in [6, 6.07) is 6.81. The van der Waals surface area contributed by atoms with Crippen molar-refractivity contribution in [3.05, 3.63) is 29.8 Å². The second-order valence-corrected chi connectivity index (χ2v) is 9.49. The van der Waals surface area contributed by atoms with E-state index in [1.807, 2.05) is 35.4 Å². The normalized spacial score (nSPS) is 19.7. The molecule has 2 aliphatic heterocycles. The number of thioether (sulfide) groups is 1. The fourth-order valence-electron chi connectivity index (χ4n) is 3.85. The zero-order chi connectivity index (χ0) is 21.5. The van der Waals surface area contributed by atoms with Crippen LogP contribution in [-0.4, -0.2) is 77.8 Å². The molecule has 0 saturated carbocycles. The fraction of sp³-hybridized carbons (Fsp3) is 0.591. The molecular formula is C22H32N4O3S. The van der Waals surface area contributed by atoms with E-state index in [2.05, 4.69) is 10.6 Å². The summed E-state index contributed by atoms with van der Waals surface area (Å²) in [6.45, 7) is 7.12. The standard InChI is InChI=1S/C22H32N4O3S/c1-16(2)14-23-21(28)17-6-3-4-7-18(17)24-20(27)15-26-9-5-8-19(26)22(29)25-10-12-30-13-11-25/h3-4,6-7,16,19H,5,8-15H2,1-2H3,(H,23,28)(H,24,27). The van der Waals surface area contributed by atoms with Gasteiger partial charge in [0, 0.05) is 31.1 Å². The fourth-order valence-corrected chi connectivity index (χ4v) is 4.75. The van der Waals surface area contributed by atoms with E-state index < -0.39 is 0 Å². The van der Waals surface area contributed by atoms with Crippen molar-refractivity contribution in [2.24, 2.45) is 5.92 Å². The molecule has 1 aromatic carbocycles. The Balaban J connectivity index is 1.60. The Labute approximate surface area is 182 Å². The van der Waals surface area contributed by atoms with Gasteiger partial charge >= 0.3 is 0 Å². The van der Waals surface area contributed by atoms with Gasteiger partial charge in [-0.2, -0.15) is 11.8 Å². The first-order valence-electron chi connectivity index (χ1n) is 10.7. The van der Waals surface area contributed by atoms with Crippen LogP contribution in [0.3, 0.4) is 0 Å². The first-order valence-corrected chi connectivity index (χ1v) is 11.9. The van der Waals surface area contributed by atoms with Crippen LogP contribution < -0.4 is 10.6 Å². The molecule has 1 aromatic rings. The quantitative estimate of drug-likeness (QED) is 0.689. The van der Waals surface area contributed by atoms with Crippen LogP contribution in [0.4, 0.5) is 5.69 Å². The van der Waals surface area contributed by atoms with E-state index in [-0.39, 0.29) is 30.3 Å². The molecule has 7 nitrogen and oxygen atoms in total. The topological polar surface area (TPSA) is 81.8 Å². The van der Waals surface area contributed by atoms with Crippen molar-refractivity contribution >= 4 is 35.2 Å². The molecule has 2 N–H and O–H groups in total. The van der Waals surface area contributed by atoms with Gasteiger partial charge < -0.3 is 15.5 Å². The van der Waals surface area contributed by atoms with Crippen molar-refractivity contribution in [2.45, 2.75) is 32.7 Å². The minimum atomic E-state index is -0.219. The number of carbonyl (C=O) groups excluding carboxylic acids is 3. The molecule has 1 unspecified atom stereocenters. The lowest BCUT2D eigenvalue weighted by Crippen LogP contribution is -2.50. The Morgan fingerprint density at radius 1 is 1.13 bits per heavy atom. The number of hydrogen-bond acceptors (Lipinski definition) is 5. The van der Waals surface area contributed by atoms with Crippen molar-refractivity contribution in [3.63, 3.8) is 0 Å². The molecule has 2 heterocycles. The van der Waals surface area contributed by atoms with Crippen LogP contribution in [0.2, 0.25) is 0 Å². The average molecular weight is 433 g/mol. The molecule has 0 aromatic heterocycles. The summed E-state index contributed by atoms with van der Waals surface area (Å²) < 4.78 is 0. The molecule has 164 valence electrons. The van der Waals surface area contributed by atoms with Crippen LogP contribution in [0, 0.1) is 5.92 Å². The number of rotatable bonds is 7. The lowest BCUT2D eigenvalue weighted by molar-refractivity contribution is -0.136. The lowest BCUT2D eigenvalue weighted by atomic mass is 10.1. The molecule has 3 amide bonds. The summed E-state index contributed by atoms with van der Waals surface area (Å²) in [5, 5.41) is 5.77. The third kappa shape index (κ3) is 5.98. The zero-order valence-corrected chi connectivity index (χ0v) is 18.7. The number of hydrogen-bond donors (Lipinski definition) is 2. The van der Waals surface area contributed by atoms with Gasteiger partial charge in [0.25, 0.3) is 5.91 Å². The number of para-hydroxylation sites is 1. The van der Waals surface area contributed by atoms with Crippen LogP contribution >= 0.6 is 11.8 Å². The SMILES string of the molecule is CC(C)CNC(=O)c1ccccc1NC(=O)CN1CCCC1C(=O)N1CCSCC1. The smallest absolute Gasteiger partial charge is 0.253 e. The van der Waals surface area contributed by atoms with Gasteiger partial charge in [0.15, 0.2) is 0 Å². The maximum Gasteiger partial charge on any atom is 0.253 e. The Kier molecular flexibility index (Phi) is 8.16. The highest BCUT2D eigenvalue weighted by atomic mass is 32.2. The third-order valence-electron chi connectivity index (χ3n) is 5.43. The van der Waals surface area contributed by atoms with E-state index in [0.717, 1.165) is 44.0 Å². The van der Waals surface area contributed by atoms with Crippen molar-refractivity contribution < 1.29 is 14.4 Å². The number of amides is 3. The van der Waals surface area contributed by atoms with Gasteiger partial charge in [0.05, 0.1) is 23.8 Å². The van der Waals surface area contributed by atoms with Gasteiger partial charge in [0.2, 0.25) is 11.8 Å². The molecule has 0 radical (unpaired) electrons. The summed E-state index contributed by atoms with van der Waals surface area (Å²) in [7, 11) is 0. The highest BCUT2D eigenvalue weighted by Gasteiger charge is 2.35. The predicted molar refractivity (Wildman–Crippen MR) is 121 cm³/mol. The van der Waals surface area contributed by atoms with Crippen LogP contribution in [0.1, 0.15) is 37.0 Å². The number of nitrogens with one attached hydrogen (secondary N) is 2. The third-order valence-corrected chi connectivity index (χ3v) is 6.38. The second kappa shape index (κ2) is 10.8. The van der Waals surface area contributed by atoms with Crippen molar-refractivity contribution in [1.29, 1.82) is 0 Å². The van der Waals surface area contributed by atoms with Gasteiger partial charge in [-0.05, 0) is 37.4 Å². The van der Waals surface area contributed by atoms with Crippen LogP contribution in [0.15, 0.2) is 24.3 Å². The molecule has 3 rings (SSSR count). The van der Waals surface area contributed by atoms with E-state index in [0.29, 0.717) is 23.7 Å². The highest BCUT2D eigenvalue weighted by Crippen LogP contribution is 2.22. The Morgan fingerprint density at radius 3 is 2.60 bits per heavy atom. The molecule has 1 atom stereocenters. The van der Waals surface area contributed by atoms with E-state index in [9.17, 15) is 14.4 Å². The summed E-state index contributed by atoms with van der Waals surface area (Å²) in [4.78, 5) is 42.0.